The lowest BCUT2D eigenvalue weighted by molar-refractivity contribution is 0.0692. The number of carboxylic acids is 1. The largest absolute Gasteiger partial charge is 0.478 e. The molecular weight excluding hydrogens is 211 g/mol. The number of hydrogen-bond donors (Lipinski definition) is 1. The van der Waals surface area contributed by atoms with E-state index in [1.165, 1.54) is 24.7 Å². The molecule has 0 aliphatic heterocycles. The molecular formula is C12H9FO3. The number of aromatic carboxylic acids is 1. The molecule has 0 amide bonds. The van der Waals surface area contributed by atoms with Gasteiger partial charge in [-0.1, -0.05) is 0 Å². The molecule has 2 aromatic rings. The van der Waals surface area contributed by atoms with Gasteiger partial charge in [-0.3, -0.25) is 0 Å². The Labute approximate surface area is 91.1 Å². The summed E-state index contributed by atoms with van der Waals surface area (Å²) in [7, 11) is 0. The van der Waals surface area contributed by atoms with Crippen LogP contribution in [0.25, 0.3) is 11.1 Å². The van der Waals surface area contributed by atoms with E-state index in [1.807, 2.05) is 0 Å². The number of carboxylic acid groups (broad SMARTS) is 1. The Morgan fingerprint density at radius 1 is 1.44 bits per heavy atom. The van der Waals surface area contributed by atoms with E-state index in [4.69, 9.17) is 9.52 Å². The molecule has 0 spiro atoms. The summed E-state index contributed by atoms with van der Waals surface area (Å²) in [6, 6.07) is 4.23. The zero-order valence-corrected chi connectivity index (χ0v) is 8.53. The van der Waals surface area contributed by atoms with Crippen LogP contribution in [-0.4, -0.2) is 11.1 Å². The van der Waals surface area contributed by atoms with Gasteiger partial charge >= 0.3 is 5.97 Å². The van der Waals surface area contributed by atoms with E-state index in [2.05, 4.69) is 0 Å². The zero-order valence-electron chi connectivity index (χ0n) is 8.53. The fourth-order valence-corrected chi connectivity index (χ4v) is 1.57. The van der Waals surface area contributed by atoms with Gasteiger partial charge in [0.05, 0.1) is 18.1 Å². The van der Waals surface area contributed by atoms with Gasteiger partial charge < -0.3 is 9.52 Å². The molecule has 0 bridgehead atoms. The van der Waals surface area contributed by atoms with Crippen LogP contribution in [0.3, 0.4) is 0 Å². The lowest BCUT2D eigenvalue weighted by Gasteiger charge is -2.05. The highest BCUT2D eigenvalue weighted by Crippen LogP contribution is 2.26. The predicted molar refractivity (Wildman–Crippen MR) is 55.8 cm³/mol. The van der Waals surface area contributed by atoms with E-state index in [0.29, 0.717) is 11.1 Å². The molecule has 0 fully saturated rings. The van der Waals surface area contributed by atoms with Crippen molar-refractivity contribution in [3.8, 4) is 11.1 Å². The van der Waals surface area contributed by atoms with Crippen LogP contribution in [0.15, 0.2) is 35.1 Å². The van der Waals surface area contributed by atoms with E-state index in [9.17, 15) is 9.18 Å². The summed E-state index contributed by atoms with van der Waals surface area (Å²) in [5.41, 5.74) is 1.74. The molecule has 0 radical (unpaired) electrons. The van der Waals surface area contributed by atoms with Crippen LogP contribution in [-0.2, 0) is 0 Å². The summed E-state index contributed by atoms with van der Waals surface area (Å²) < 4.78 is 18.4. The molecule has 1 aromatic heterocycles. The maximum atomic E-state index is 13.5. The molecule has 0 aliphatic rings. The van der Waals surface area contributed by atoms with Crippen LogP contribution in [0.4, 0.5) is 4.39 Å². The van der Waals surface area contributed by atoms with Crippen molar-refractivity contribution in [1.29, 1.82) is 0 Å². The first-order valence-electron chi connectivity index (χ1n) is 4.65. The third kappa shape index (κ3) is 1.69. The van der Waals surface area contributed by atoms with Crippen LogP contribution < -0.4 is 0 Å². The second-order valence-corrected chi connectivity index (χ2v) is 3.46. The van der Waals surface area contributed by atoms with Crippen molar-refractivity contribution in [3.63, 3.8) is 0 Å². The van der Waals surface area contributed by atoms with Crippen LogP contribution in [0.1, 0.15) is 15.9 Å². The molecule has 1 heterocycles. The van der Waals surface area contributed by atoms with Gasteiger partial charge in [0.2, 0.25) is 0 Å². The Balaban J connectivity index is 2.59. The van der Waals surface area contributed by atoms with E-state index in [0.717, 1.165) is 5.56 Å². The molecule has 0 saturated carbocycles. The molecule has 82 valence electrons. The van der Waals surface area contributed by atoms with Gasteiger partial charge in [-0.2, -0.15) is 0 Å². The quantitative estimate of drug-likeness (QED) is 0.845. The summed E-state index contributed by atoms with van der Waals surface area (Å²) in [6.07, 6.45) is 2.97. The van der Waals surface area contributed by atoms with Crippen molar-refractivity contribution in [2.45, 2.75) is 6.92 Å². The topological polar surface area (TPSA) is 50.4 Å². The summed E-state index contributed by atoms with van der Waals surface area (Å²) >= 11 is 0. The molecule has 3 nitrogen and oxygen atoms in total. The highest BCUT2D eigenvalue weighted by molar-refractivity contribution is 5.89. The fourth-order valence-electron chi connectivity index (χ4n) is 1.57. The minimum Gasteiger partial charge on any atom is -0.478 e. The number of hydrogen-bond acceptors (Lipinski definition) is 2. The monoisotopic (exact) mass is 220 g/mol. The van der Waals surface area contributed by atoms with E-state index >= 15 is 0 Å². The van der Waals surface area contributed by atoms with Gasteiger partial charge in [-0.05, 0) is 36.2 Å². The van der Waals surface area contributed by atoms with Gasteiger partial charge in [0.25, 0.3) is 0 Å². The summed E-state index contributed by atoms with van der Waals surface area (Å²) in [6.45, 7) is 1.73. The average molecular weight is 220 g/mol. The minimum absolute atomic E-state index is 0.315. The second kappa shape index (κ2) is 3.81. The van der Waals surface area contributed by atoms with Gasteiger partial charge in [0.15, 0.2) is 0 Å². The smallest absolute Gasteiger partial charge is 0.338 e. The first-order chi connectivity index (χ1) is 7.59. The number of aryl methyl sites for hydroxylation is 1. The van der Waals surface area contributed by atoms with Crippen molar-refractivity contribution >= 4 is 5.97 Å². The summed E-state index contributed by atoms with van der Waals surface area (Å²) in [5, 5.41) is 8.75. The summed E-state index contributed by atoms with van der Waals surface area (Å²) in [5.74, 6) is -2.01. The fraction of sp³-hybridized carbons (Fsp3) is 0.0833. The number of halogens is 1. The Hall–Kier alpha value is -2.10. The molecule has 1 aromatic carbocycles. The maximum Gasteiger partial charge on any atom is 0.338 e. The van der Waals surface area contributed by atoms with E-state index in [1.54, 1.807) is 13.0 Å². The number of carbonyl (C=O) groups is 1. The van der Waals surface area contributed by atoms with Crippen LogP contribution in [0.5, 0.6) is 0 Å². The first-order valence-corrected chi connectivity index (χ1v) is 4.65. The highest BCUT2D eigenvalue weighted by Gasteiger charge is 2.14. The zero-order chi connectivity index (χ0) is 11.7. The molecule has 16 heavy (non-hydrogen) atoms. The lowest BCUT2D eigenvalue weighted by Crippen LogP contribution is -2.01. The maximum absolute atomic E-state index is 13.5. The molecule has 4 heteroatoms. The third-order valence-corrected chi connectivity index (χ3v) is 2.38. The molecule has 1 N–H and O–H groups in total. The van der Waals surface area contributed by atoms with Gasteiger partial charge in [-0.15, -0.1) is 0 Å². The van der Waals surface area contributed by atoms with Gasteiger partial charge in [0, 0.05) is 5.56 Å². The Bertz CT molecular complexity index is 529. The second-order valence-electron chi connectivity index (χ2n) is 3.46. The Kier molecular flexibility index (Phi) is 2.48. The molecule has 0 atom stereocenters. The molecule has 0 saturated heterocycles. The normalized spacial score (nSPS) is 10.4. The highest BCUT2D eigenvalue weighted by atomic mass is 19.1. The van der Waals surface area contributed by atoms with Crippen LogP contribution in [0.2, 0.25) is 0 Å². The average Bonchev–Trinajstić information content (AvgIpc) is 2.73. The van der Waals surface area contributed by atoms with Crippen molar-refractivity contribution in [3.05, 3.63) is 47.7 Å². The summed E-state index contributed by atoms with van der Waals surface area (Å²) in [4.78, 5) is 10.7. The van der Waals surface area contributed by atoms with Crippen molar-refractivity contribution in [1.82, 2.24) is 0 Å². The first kappa shape index (κ1) is 10.4. The Morgan fingerprint density at radius 2 is 2.19 bits per heavy atom. The van der Waals surface area contributed by atoms with E-state index in [-0.39, 0.29) is 5.56 Å². The van der Waals surface area contributed by atoms with Gasteiger partial charge in [-0.25, -0.2) is 9.18 Å². The van der Waals surface area contributed by atoms with Crippen LogP contribution >= 0.6 is 0 Å². The number of rotatable bonds is 2. The Morgan fingerprint density at radius 3 is 2.75 bits per heavy atom. The lowest BCUT2D eigenvalue weighted by atomic mass is 10.00. The SMILES string of the molecule is Cc1cc(C(=O)O)c(F)cc1-c1ccoc1. The van der Waals surface area contributed by atoms with Gasteiger partial charge in [0.1, 0.15) is 5.82 Å². The third-order valence-electron chi connectivity index (χ3n) is 2.38. The van der Waals surface area contributed by atoms with Crippen molar-refractivity contribution in [2.24, 2.45) is 0 Å². The van der Waals surface area contributed by atoms with Crippen LogP contribution in [0, 0.1) is 12.7 Å². The number of benzene rings is 1. The standard InChI is InChI=1S/C12H9FO3/c1-7-4-10(12(14)15)11(13)5-9(7)8-2-3-16-6-8/h2-6H,1H3,(H,14,15). The molecule has 0 aliphatic carbocycles. The molecule has 2 rings (SSSR count). The van der Waals surface area contributed by atoms with E-state index < -0.39 is 11.8 Å². The minimum atomic E-state index is -1.26. The number of furan rings is 1. The van der Waals surface area contributed by atoms with Crippen molar-refractivity contribution in [2.75, 3.05) is 0 Å². The van der Waals surface area contributed by atoms with Crippen molar-refractivity contribution < 1.29 is 18.7 Å². The predicted octanol–water partition coefficient (Wildman–Crippen LogP) is 3.09. The molecule has 0 unspecified atom stereocenters.